The first kappa shape index (κ1) is 11.8. The second kappa shape index (κ2) is 4.53. The average Bonchev–Trinajstić information content (AvgIpc) is 2.19. The van der Waals surface area contributed by atoms with E-state index in [2.05, 4.69) is 4.98 Å². The van der Waals surface area contributed by atoms with Crippen molar-refractivity contribution in [3.63, 3.8) is 0 Å². The van der Waals surface area contributed by atoms with Crippen molar-refractivity contribution in [2.75, 3.05) is 0 Å². The Bertz CT molecular complexity index is 469. The number of aliphatic carboxylic acids is 1. The Morgan fingerprint density at radius 1 is 1.62 bits per heavy atom. The number of pyridine rings is 1. The van der Waals surface area contributed by atoms with Gasteiger partial charge < -0.3 is 10.2 Å². The summed E-state index contributed by atoms with van der Waals surface area (Å²) in [5.41, 5.74) is -1.76. The molecule has 1 heterocycles. The molecular weight excluding hydrogens is 222 g/mol. The molecule has 0 aromatic carbocycles. The van der Waals surface area contributed by atoms with Crippen LogP contribution in [0, 0.1) is 11.3 Å². The summed E-state index contributed by atoms with van der Waals surface area (Å²) >= 11 is 0. The highest BCUT2D eigenvalue weighted by molar-refractivity contribution is 5.73. The molecule has 0 saturated heterocycles. The molecule has 16 heavy (non-hydrogen) atoms. The number of aromatic hydroxyl groups is 1. The van der Waals surface area contributed by atoms with E-state index < -0.39 is 35.8 Å². The maximum absolute atomic E-state index is 12.4. The molecule has 1 aromatic heterocycles. The number of hydrogen-bond donors (Lipinski definition) is 2. The van der Waals surface area contributed by atoms with Crippen LogP contribution in [0.1, 0.15) is 23.2 Å². The van der Waals surface area contributed by atoms with Gasteiger partial charge in [0.15, 0.2) is 0 Å². The maximum atomic E-state index is 12.4. The van der Waals surface area contributed by atoms with Crippen LogP contribution in [0.2, 0.25) is 0 Å². The van der Waals surface area contributed by atoms with E-state index in [1.807, 2.05) is 0 Å². The van der Waals surface area contributed by atoms with Gasteiger partial charge in [0.2, 0.25) is 0 Å². The van der Waals surface area contributed by atoms with Gasteiger partial charge in [0, 0.05) is 5.56 Å². The van der Waals surface area contributed by atoms with E-state index in [4.69, 9.17) is 10.4 Å². The number of carboxylic acids is 1. The molecule has 2 N–H and O–H groups in total. The first-order chi connectivity index (χ1) is 7.47. The fraction of sp³-hybridized carbons (Fsp3) is 0.222. The van der Waals surface area contributed by atoms with Crippen molar-refractivity contribution in [3.8, 4) is 11.8 Å². The van der Waals surface area contributed by atoms with Gasteiger partial charge in [0.1, 0.15) is 17.5 Å². The smallest absolute Gasteiger partial charge is 0.308 e. The lowest BCUT2D eigenvalue weighted by atomic mass is 10.0. The van der Waals surface area contributed by atoms with Gasteiger partial charge in [0.05, 0.1) is 18.2 Å². The third-order valence-corrected chi connectivity index (χ3v) is 1.84. The Balaban J connectivity index is 3.39. The van der Waals surface area contributed by atoms with Crippen LogP contribution in [0.25, 0.3) is 0 Å². The number of alkyl halides is 2. The van der Waals surface area contributed by atoms with Crippen LogP contribution in [0.3, 0.4) is 0 Å². The lowest BCUT2D eigenvalue weighted by Gasteiger charge is -2.07. The number of nitrogens with zero attached hydrogens (tertiary/aromatic N) is 2. The van der Waals surface area contributed by atoms with Gasteiger partial charge in [0.25, 0.3) is 6.43 Å². The summed E-state index contributed by atoms with van der Waals surface area (Å²) in [4.78, 5) is 13.6. The summed E-state index contributed by atoms with van der Waals surface area (Å²) in [5.74, 6) is -1.92. The topological polar surface area (TPSA) is 94.2 Å². The van der Waals surface area contributed by atoms with E-state index in [9.17, 15) is 18.7 Å². The Kier molecular flexibility index (Phi) is 3.35. The molecule has 7 heteroatoms. The number of carboxylic acid groups (broad SMARTS) is 1. The van der Waals surface area contributed by atoms with E-state index in [-0.39, 0.29) is 5.56 Å². The molecule has 84 valence electrons. The number of hydrogen-bond acceptors (Lipinski definition) is 4. The van der Waals surface area contributed by atoms with E-state index in [1.165, 1.54) is 6.07 Å². The minimum absolute atomic E-state index is 0.347. The number of rotatable bonds is 3. The highest BCUT2D eigenvalue weighted by atomic mass is 19.3. The quantitative estimate of drug-likeness (QED) is 0.811. The molecule has 0 amide bonds. The molecule has 1 aromatic rings. The first-order valence-corrected chi connectivity index (χ1v) is 4.08. The summed E-state index contributed by atoms with van der Waals surface area (Å²) in [6.45, 7) is 0. The van der Waals surface area contributed by atoms with Gasteiger partial charge in [-0.1, -0.05) is 0 Å². The van der Waals surface area contributed by atoms with E-state index in [1.54, 1.807) is 0 Å². The monoisotopic (exact) mass is 228 g/mol. The third-order valence-electron chi connectivity index (χ3n) is 1.84. The molecule has 0 aliphatic heterocycles. The van der Waals surface area contributed by atoms with Crippen LogP contribution in [-0.4, -0.2) is 21.2 Å². The molecule has 5 nitrogen and oxygen atoms in total. The molecule has 0 bridgehead atoms. The van der Waals surface area contributed by atoms with Crippen LogP contribution in [0.5, 0.6) is 5.75 Å². The zero-order chi connectivity index (χ0) is 12.3. The lowest BCUT2D eigenvalue weighted by molar-refractivity contribution is -0.136. The van der Waals surface area contributed by atoms with E-state index >= 15 is 0 Å². The zero-order valence-corrected chi connectivity index (χ0v) is 7.81. The predicted octanol–water partition coefficient (Wildman–Crippen LogP) is 1.22. The van der Waals surface area contributed by atoms with Gasteiger partial charge in [-0.15, -0.1) is 0 Å². The fourth-order valence-corrected chi connectivity index (χ4v) is 1.18. The van der Waals surface area contributed by atoms with Crippen molar-refractivity contribution in [3.05, 3.63) is 23.0 Å². The number of halogens is 2. The second-order valence-corrected chi connectivity index (χ2v) is 2.87. The third kappa shape index (κ3) is 2.23. The minimum atomic E-state index is -3.00. The summed E-state index contributed by atoms with van der Waals surface area (Å²) in [6.07, 6.45) is -3.00. The molecule has 1 rings (SSSR count). The molecule has 0 fully saturated rings. The number of nitriles is 1. The van der Waals surface area contributed by atoms with Crippen LogP contribution < -0.4 is 0 Å². The minimum Gasteiger partial charge on any atom is -0.506 e. The van der Waals surface area contributed by atoms with Crippen molar-refractivity contribution in [1.29, 1.82) is 5.26 Å². The predicted molar refractivity (Wildman–Crippen MR) is 46.9 cm³/mol. The largest absolute Gasteiger partial charge is 0.506 e. The molecule has 0 atom stereocenters. The molecular formula is C9H6F2N2O3. The van der Waals surface area contributed by atoms with Crippen molar-refractivity contribution in [2.45, 2.75) is 12.8 Å². The van der Waals surface area contributed by atoms with Crippen molar-refractivity contribution >= 4 is 5.97 Å². The second-order valence-electron chi connectivity index (χ2n) is 2.87. The van der Waals surface area contributed by atoms with Crippen molar-refractivity contribution < 1.29 is 23.8 Å². The molecule has 0 radical (unpaired) electrons. The highest BCUT2D eigenvalue weighted by Gasteiger charge is 2.22. The zero-order valence-electron chi connectivity index (χ0n) is 7.81. The molecule has 0 spiro atoms. The number of carbonyl (C=O) groups is 1. The van der Waals surface area contributed by atoms with Gasteiger partial charge >= 0.3 is 5.97 Å². The summed E-state index contributed by atoms with van der Waals surface area (Å²) in [6, 6.07) is 1.43. The van der Waals surface area contributed by atoms with E-state index in [0.29, 0.717) is 6.20 Å². The summed E-state index contributed by atoms with van der Waals surface area (Å²) in [7, 11) is 0. The Morgan fingerprint density at radius 3 is 2.69 bits per heavy atom. The molecule has 0 saturated carbocycles. The maximum Gasteiger partial charge on any atom is 0.308 e. The van der Waals surface area contributed by atoms with Gasteiger partial charge in [-0.2, -0.15) is 5.26 Å². The lowest BCUT2D eigenvalue weighted by Crippen LogP contribution is -2.06. The highest BCUT2D eigenvalue weighted by Crippen LogP contribution is 2.28. The first-order valence-electron chi connectivity index (χ1n) is 4.08. The molecule has 0 unspecified atom stereocenters. The molecule has 0 aliphatic carbocycles. The average molecular weight is 228 g/mol. The summed E-state index contributed by atoms with van der Waals surface area (Å²) < 4.78 is 24.8. The van der Waals surface area contributed by atoms with Crippen molar-refractivity contribution in [2.24, 2.45) is 0 Å². The normalized spacial score (nSPS) is 10.1. The SMILES string of the molecule is N#Cc1c(C(F)F)ncc(O)c1CC(=O)O. The van der Waals surface area contributed by atoms with Crippen LogP contribution >= 0.6 is 0 Å². The van der Waals surface area contributed by atoms with Gasteiger partial charge in [-0.3, -0.25) is 4.79 Å². The van der Waals surface area contributed by atoms with Crippen LogP contribution in [0.4, 0.5) is 8.78 Å². The standard InChI is InChI=1S/C9H6F2N2O3/c10-9(11)8-5(2-12)4(1-7(15)16)6(14)3-13-8/h3,9,14H,1H2,(H,15,16). The Labute approximate surface area is 88.6 Å². The molecule has 0 aliphatic rings. The number of aromatic nitrogens is 1. The summed E-state index contributed by atoms with van der Waals surface area (Å²) in [5, 5.41) is 26.4. The van der Waals surface area contributed by atoms with Crippen molar-refractivity contribution in [1.82, 2.24) is 4.98 Å². The fourth-order valence-electron chi connectivity index (χ4n) is 1.18. The van der Waals surface area contributed by atoms with Crippen LogP contribution in [0.15, 0.2) is 6.20 Å². The Hall–Kier alpha value is -2.23. The van der Waals surface area contributed by atoms with Gasteiger partial charge in [-0.05, 0) is 0 Å². The van der Waals surface area contributed by atoms with E-state index in [0.717, 1.165) is 0 Å². The van der Waals surface area contributed by atoms with Gasteiger partial charge in [-0.25, -0.2) is 13.8 Å². The van der Waals surface area contributed by atoms with Crippen LogP contribution in [-0.2, 0) is 11.2 Å². The Morgan fingerprint density at radius 2 is 2.25 bits per heavy atom.